The van der Waals surface area contributed by atoms with Gasteiger partial charge in [0.2, 0.25) is 0 Å². The van der Waals surface area contributed by atoms with Crippen molar-refractivity contribution in [3.63, 3.8) is 0 Å². The molecule has 1 aromatic rings. The Kier molecular flexibility index (Phi) is 4.01. The van der Waals surface area contributed by atoms with Crippen LogP contribution >= 0.6 is 0 Å². The summed E-state index contributed by atoms with van der Waals surface area (Å²) in [6, 6.07) is 9.86. The van der Waals surface area contributed by atoms with Crippen molar-refractivity contribution in [2.24, 2.45) is 23.7 Å². The first kappa shape index (κ1) is 16.5. The van der Waals surface area contributed by atoms with E-state index in [2.05, 4.69) is 0 Å². The molecule has 1 saturated heterocycles. The van der Waals surface area contributed by atoms with Crippen molar-refractivity contribution in [3.05, 3.63) is 54.1 Å². The van der Waals surface area contributed by atoms with Crippen LogP contribution in [0.4, 0.5) is 8.78 Å². The molecule has 1 aliphatic heterocycles. The molecule has 1 aromatic carbocycles. The smallest absolute Gasteiger partial charge is 0.310 e. The minimum atomic E-state index is -2.65. The molecule has 2 fully saturated rings. The van der Waals surface area contributed by atoms with Crippen molar-refractivity contribution in [1.29, 1.82) is 0 Å². The first-order chi connectivity index (χ1) is 12.0. The van der Waals surface area contributed by atoms with Crippen LogP contribution in [0.15, 0.2) is 48.6 Å². The minimum Gasteiger partial charge on any atom is -0.452 e. The summed E-state index contributed by atoms with van der Waals surface area (Å²) in [6.07, 6.45) is 4.82. The number of hydrogen-bond donors (Lipinski definition) is 0. The number of allylic oxidation sites excluding steroid dienone is 4. The lowest BCUT2D eigenvalue weighted by atomic mass is 9.73. The third kappa shape index (κ3) is 2.54. The number of carbonyl (C=O) groups excluding carboxylic acids is 1. The van der Waals surface area contributed by atoms with E-state index in [1.54, 1.807) is 0 Å². The molecule has 2 nitrogen and oxygen atoms in total. The quantitative estimate of drug-likeness (QED) is 0.563. The zero-order chi connectivity index (χ0) is 17.6. The lowest BCUT2D eigenvalue weighted by Crippen LogP contribution is -2.45. The maximum Gasteiger partial charge on any atom is 0.310 e. The Morgan fingerprint density at radius 1 is 1.28 bits per heavy atom. The first-order valence-corrected chi connectivity index (χ1v) is 8.94. The Bertz CT molecular complexity index is 725. The van der Waals surface area contributed by atoms with Crippen molar-refractivity contribution in [2.75, 3.05) is 0 Å². The number of carbonyl (C=O) groups is 1. The molecule has 132 valence electrons. The second-order valence-electron chi connectivity index (χ2n) is 7.47. The van der Waals surface area contributed by atoms with Gasteiger partial charge in [0.05, 0.1) is 5.92 Å². The van der Waals surface area contributed by atoms with Crippen LogP contribution in [0.5, 0.6) is 0 Å². The highest BCUT2D eigenvalue weighted by atomic mass is 19.3. The molecule has 5 atom stereocenters. The molecule has 0 amide bonds. The fourth-order valence-corrected chi connectivity index (χ4v) is 4.98. The Labute approximate surface area is 146 Å². The van der Waals surface area contributed by atoms with Crippen molar-refractivity contribution >= 4 is 11.5 Å². The van der Waals surface area contributed by atoms with E-state index in [0.29, 0.717) is 6.42 Å². The van der Waals surface area contributed by atoms with E-state index < -0.39 is 18.0 Å². The highest BCUT2D eigenvalue weighted by Gasteiger charge is 2.67. The van der Waals surface area contributed by atoms with Gasteiger partial charge in [-0.3, -0.25) is 4.79 Å². The molecule has 0 spiro atoms. The third-order valence-electron chi connectivity index (χ3n) is 6.17. The predicted octanol–water partition coefficient (Wildman–Crippen LogP) is 4.87. The zero-order valence-corrected chi connectivity index (χ0v) is 14.2. The summed E-state index contributed by atoms with van der Waals surface area (Å²) >= 11 is 0. The van der Waals surface area contributed by atoms with E-state index in [-0.39, 0.29) is 30.1 Å². The molecule has 25 heavy (non-hydrogen) atoms. The molecule has 1 saturated carbocycles. The lowest BCUT2D eigenvalue weighted by Gasteiger charge is -2.35. The van der Waals surface area contributed by atoms with Gasteiger partial charge in [-0.2, -0.15) is 0 Å². The van der Waals surface area contributed by atoms with Crippen LogP contribution < -0.4 is 0 Å². The van der Waals surface area contributed by atoms with Gasteiger partial charge in [-0.15, -0.1) is 0 Å². The van der Waals surface area contributed by atoms with Gasteiger partial charge in [0.25, 0.3) is 6.43 Å². The molecular weight excluding hydrogens is 322 g/mol. The van der Waals surface area contributed by atoms with Gasteiger partial charge in [-0.05, 0) is 49.2 Å². The summed E-state index contributed by atoms with van der Waals surface area (Å²) < 4.78 is 33.5. The van der Waals surface area contributed by atoms with Gasteiger partial charge < -0.3 is 4.74 Å². The molecule has 0 aromatic heterocycles. The predicted molar refractivity (Wildman–Crippen MR) is 91.9 cm³/mol. The molecule has 3 aliphatic rings. The second kappa shape index (κ2) is 6.08. The Morgan fingerprint density at radius 3 is 2.72 bits per heavy atom. The summed E-state index contributed by atoms with van der Waals surface area (Å²) in [5.41, 5.74) is 0.510. The van der Waals surface area contributed by atoms with Gasteiger partial charge in [-0.25, -0.2) is 8.78 Å². The Morgan fingerprint density at radius 2 is 2.00 bits per heavy atom. The molecule has 4 unspecified atom stereocenters. The van der Waals surface area contributed by atoms with Crippen molar-refractivity contribution in [1.82, 2.24) is 0 Å². The normalized spacial score (nSPS) is 36.2. The number of ether oxygens (including phenoxy) is 1. The molecule has 2 bridgehead atoms. The monoisotopic (exact) mass is 344 g/mol. The Hall–Kier alpha value is -1.97. The van der Waals surface area contributed by atoms with Crippen LogP contribution in [-0.2, 0) is 9.53 Å². The molecule has 0 N–H and O–H groups in total. The fraction of sp³-hybridized carbons (Fsp3) is 0.476. The van der Waals surface area contributed by atoms with Crippen LogP contribution in [0, 0.1) is 23.7 Å². The number of halogens is 2. The van der Waals surface area contributed by atoms with Gasteiger partial charge in [0.1, 0.15) is 0 Å². The second-order valence-corrected chi connectivity index (χ2v) is 7.47. The van der Waals surface area contributed by atoms with Crippen LogP contribution in [0.3, 0.4) is 0 Å². The minimum absolute atomic E-state index is 0.0506. The van der Waals surface area contributed by atoms with Crippen LogP contribution in [0.25, 0.3) is 5.57 Å². The standard InChI is InChI=1S/C21H22F2O2/c1-13(14-7-3-2-4-8-14)6-5-11-21(20(22)23)18-16-10-9-15(12-16)17(18)19(24)25-21/h2-4,6-10,15-18,20H,5,11-12H2,1H3/b13-6+/t15?,16?,17?,18?,21-/m1/s1. The highest BCUT2D eigenvalue weighted by molar-refractivity contribution is 5.78. The summed E-state index contributed by atoms with van der Waals surface area (Å²) in [4.78, 5) is 12.3. The van der Waals surface area contributed by atoms with Crippen molar-refractivity contribution in [2.45, 2.75) is 38.2 Å². The van der Waals surface area contributed by atoms with Gasteiger partial charge in [-0.1, -0.05) is 48.6 Å². The summed E-state index contributed by atoms with van der Waals surface area (Å²) in [6.45, 7) is 1.98. The number of fused-ring (bicyclic) bond motifs is 5. The summed E-state index contributed by atoms with van der Waals surface area (Å²) in [5, 5.41) is 0. The Balaban J connectivity index is 1.55. The molecule has 1 heterocycles. The van der Waals surface area contributed by atoms with Gasteiger partial charge in [0.15, 0.2) is 5.60 Å². The fourth-order valence-electron chi connectivity index (χ4n) is 4.98. The van der Waals surface area contributed by atoms with E-state index in [0.717, 1.165) is 17.6 Å². The average molecular weight is 344 g/mol. The molecule has 4 rings (SSSR count). The van der Waals surface area contributed by atoms with E-state index in [1.165, 1.54) is 0 Å². The molecule has 2 aliphatic carbocycles. The summed E-state index contributed by atoms with van der Waals surface area (Å²) in [7, 11) is 0. The highest BCUT2D eigenvalue weighted by Crippen LogP contribution is 2.60. The van der Waals surface area contributed by atoms with Gasteiger partial charge >= 0.3 is 5.97 Å². The number of hydrogen-bond acceptors (Lipinski definition) is 2. The lowest BCUT2D eigenvalue weighted by molar-refractivity contribution is -0.171. The largest absolute Gasteiger partial charge is 0.452 e. The van der Waals surface area contributed by atoms with E-state index in [1.807, 2.05) is 55.5 Å². The van der Waals surface area contributed by atoms with Crippen LogP contribution in [0.2, 0.25) is 0 Å². The topological polar surface area (TPSA) is 26.3 Å². The van der Waals surface area contributed by atoms with Crippen LogP contribution in [-0.4, -0.2) is 18.0 Å². The molecule has 0 radical (unpaired) electrons. The van der Waals surface area contributed by atoms with Crippen molar-refractivity contribution < 1.29 is 18.3 Å². The third-order valence-corrected chi connectivity index (χ3v) is 6.17. The number of cyclic esters (lactones) is 1. The van der Waals surface area contributed by atoms with E-state index >= 15 is 0 Å². The number of alkyl halides is 2. The van der Waals surface area contributed by atoms with Crippen molar-refractivity contribution in [3.8, 4) is 0 Å². The van der Waals surface area contributed by atoms with E-state index in [4.69, 9.17) is 4.74 Å². The molecular formula is C21H22F2O2. The van der Waals surface area contributed by atoms with Crippen LogP contribution in [0.1, 0.15) is 31.7 Å². The maximum absolute atomic E-state index is 14.1. The average Bonchev–Trinajstić information content (AvgIpc) is 3.29. The number of benzene rings is 1. The van der Waals surface area contributed by atoms with E-state index in [9.17, 15) is 13.6 Å². The maximum atomic E-state index is 14.1. The van der Waals surface area contributed by atoms with Gasteiger partial charge in [0, 0.05) is 5.92 Å². The number of esters is 1. The zero-order valence-electron chi connectivity index (χ0n) is 14.2. The number of rotatable bonds is 5. The SMILES string of the molecule is C/C(=C\CC[C@@]1(C(F)F)OC(=O)C2C3C=CC(C3)C21)c1ccccc1. The molecule has 4 heteroatoms. The summed E-state index contributed by atoms with van der Waals surface area (Å²) in [5.74, 6) is -1.03. The first-order valence-electron chi connectivity index (χ1n) is 8.94.